The van der Waals surface area contributed by atoms with E-state index in [1.54, 1.807) is 13.0 Å². The summed E-state index contributed by atoms with van der Waals surface area (Å²) in [5.41, 5.74) is 2.60. The Labute approximate surface area is 194 Å². The van der Waals surface area contributed by atoms with E-state index in [9.17, 15) is 9.59 Å². The van der Waals surface area contributed by atoms with Crippen molar-refractivity contribution in [3.05, 3.63) is 50.8 Å². The summed E-state index contributed by atoms with van der Waals surface area (Å²) in [5, 5.41) is 4.27. The average Bonchev–Trinajstić information content (AvgIpc) is 3.34. The van der Waals surface area contributed by atoms with Crippen molar-refractivity contribution in [1.29, 1.82) is 0 Å². The fourth-order valence-corrected chi connectivity index (χ4v) is 4.80. The minimum atomic E-state index is -0.181. The molecule has 158 valence electrons. The van der Waals surface area contributed by atoms with E-state index < -0.39 is 0 Å². The first-order valence-electron chi connectivity index (χ1n) is 9.19. The van der Waals surface area contributed by atoms with Gasteiger partial charge in [0.05, 0.1) is 33.6 Å². The molecule has 0 radical (unpaired) electrons. The number of ketones is 1. The molecule has 1 aromatic carbocycles. The number of carbonyl (C=O) groups excluding carboxylic acids is 2. The number of halogens is 3. The van der Waals surface area contributed by atoms with Gasteiger partial charge in [-0.15, -0.1) is 0 Å². The zero-order valence-corrected chi connectivity index (χ0v) is 19.4. The predicted octanol–water partition coefficient (Wildman–Crippen LogP) is 1.31. The molecular weight excluding hydrogens is 467 g/mol. The van der Waals surface area contributed by atoms with Gasteiger partial charge in [-0.25, -0.2) is 14.1 Å². The molecular formula is C20H19Cl3N4O2S. The number of carbonyl (C=O) groups is 2. The Bertz CT molecular complexity index is 1140. The maximum absolute atomic E-state index is 12.6. The Hall–Kier alpha value is -1.93. The van der Waals surface area contributed by atoms with Gasteiger partial charge >= 0.3 is 0 Å². The van der Waals surface area contributed by atoms with Crippen molar-refractivity contribution in [2.24, 2.45) is 0 Å². The van der Waals surface area contributed by atoms with E-state index in [0.29, 0.717) is 25.7 Å². The van der Waals surface area contributed by atoms with Crippen LogP contribution in [0.2, 0.25) is 10.0 Å². The van der Waals surface area contributed by atoms with E-state index in [-0.39, 0.29) is 30.6 Å². The Morgan fingerprint density at radius 1 is 1.30 bits per heavy atom. The first kappa shape index (κ1) is 22.7. The largest absolute Gasteiger partial charge is 1.00 e. The molecule has 10 heteroatoms. The smallest absolute Gasteiger partial charge is 0.268 e. The van der Waals surface area contributed by atoms with Crippen molar-refractivity contribution >= 4 is 51.4 Å². The van der Waals surface area contributed by atoms with Crippen molar-refractivity contribution in [3.8, 4) is 11.3 Å². The van der Waals surface area contributed by atoms with E-state index >= 15 is 0 Å². The van der Waals surface area contributed by atoms with Gasteiger partial charge < -0.3 is 12.4 Å². The molecule has 0 atom stereocenters. The van der Waals surface area contributed by atoms with Crippen molar-refractivity contribution in [2.75, 3.05) is 5.32 Å². The SMILES string of the molecule is CC(=O)c1sc(NC(=O)C[n+]2cc(-c3ccc(Cl)c(Cl)c3)n3c2CCC3)nc1C.[Cl-]. The number of rotatable bonds is 5. The Morgan fingerprint density at radius 2 is 2.07 bits per heavy atom. The lowest BCUT2D eigenvalue weighted by Crippen LogP contribution is -3.00. The number of imidazole rings is 1. The third kappa shape index (κ3) is 4.39. The maximum atomic E-state index is 12.6. The first-order chi connectivity index (χ1) is 13.8. The zero-order chi connectivity index (χ0) is 20.7. The number of aromatic nitrogens is 3. The van der Waals surface area contributed by atoms with Crippen LogP contribution in [0, 0.1) is 6.92 Å². The minimum absolute atomic E-state index is 0. The Kier molecular flexibility index (Phi) is 6.87. The van der Waals surface area contributed by atoms with Gasteiger partial charge in [0.2, 0.25) is 0 Å². The van der Waals surface area contributed by atoms with Crippen LogP contribution >= 0.6 is 34.5 Å². The number of hydrogen-bond acceptors (Lipinski definition) is 4. The zero-order valence-electron chi connectivity index (χ0n) is 16.3. The summed E-state index contributed by atoms with van der Waals surface area (Å²) in [7, 11) is 0. The molecule has 6 nitrogen and oxygen atoms in total. The summed E-state index contributed by atoms with van der Waals surface area (Å²) in [6, 6.07) is 5.56. The van der Waals surface area contributed by atoms with Gasteiger partial charge in [0, 0.05) is 12.5 Å². The summed E-state index contributed by atoms with van der Waals surface area (Å²) >= 11 is 13.4. The number of nitrogens with one attached hydrogen (secondary N) is 1. The third-order valence-corrected chi connectivity index (χ3v) is 6.80. The number of anilines is 1. The number of fused-ring (bicyclic) bond motifs is 1. The monoisotopic (exact) mass is 484 g/mol. The molecule has 0 unspecified atom stereocenters. The third-order valence-electron chi connectivity index (χ3n) is 4.89. The van der Waals surface area contributed by atoms with Gasteiger partial charge in [-0.3, -0.25) is 14.9 Å². The molecule has 3 heterocycles. The molecule has 0 saturated carbocycles. The Morgan fingerprint density at radius 3 is 2.73 bits per heavy atom. The van der Waals surface area contributed by atoms with Gasteiger partial charge in [0.15, 0.2) is 23.2 Å². The number of thiazole rings is 1. The van der Waals surface area contributed by atoms with Crippen LogP contribution in [0.1, 0.15) is 34.5 Å². The number of amides is 1. The number of hydrogen-bond donors (Lipinski definition) is 1. The molecule has 0 fully saturated rings. The van der Waals surface area contributed by atoms with E-state index in [1.165, 1.54) is 18.3 Å². The van der Waals surface area contributed by atoms with Crippen LogP contribution in [0.3, 0.4) is 0 Å². The molecule has 1 N–H and O–H groups in total. The van der Waals surface area contributed by atoms with Crippen molar-refractivity contribution < 1.29 is 26.6 Å². The van der Waals surface area contributed by atoms with Crippen LogP contribution in [0.4, 0.5) is 5.13 Å². The molecule has 1 aliphatic heterocycles. The Balaban J connectivity index is 0.00000256. The quantitative estimate of drug-likeness (QED) is 0.438. The highest BCUT2D eigenvalue weighted by Crippen LogP contribution is 2.30. The second-order valence-electron chi connectivity index (χ2n) is 6.98. The number of benzene rings is 1. The van der Waals surface area contributed by atoms with Crippen LogP contribution in [-0.2, 0) is 24.3 Å². The second kappa shape index (κ2) is 9.06. The van der Waals surface area contributed by atoms with Crippen LogP contribution in [-0.4, -0.2) is 21.2 Å². The molecule has 3 aromatic rings. The van der Waals surface area contributed by atoms with Gasteiger partial charge in [0.25, 0.3) is 11.7 Å². The van der Waals surface area contributed by atoms with Gasteiger partial charge in [-0.05, 0) is 31.5 Å². The lowest BCUT2D eigenvalue weighted by atomic mass is 10.1. The van der Waals surface area contributed by atoms with Crippen molar-refractivity contribution in [2.45, 2.75) is 39.8 Å². The highest BCUT2D eigenvalue weighted by atomic mass is 35.5. The molecule has 1 aliphatic rings. The maximum Gasteiger partial charge on any atom is 0.268 e. The molecule has 0 spiro atoms. The van der Waals surface area contributed by atoms with Crippen molar-refractivity contribution in [3.63, 3.8) is 0 Å². The van der Waals surface area contributed by atoms with E-state index in [4.69, 9.17) is 23.2 Å². The molecule has 0 aliphatic carbocycles. The normalized spacial score (nSPS) is 12.4. The first-order valence-corrected chi connectivity index (χ1v) is 10.8. The van der Waals surface area contributed by atoms with E-state index in [2.05, 4.69) is 14.9 Å². The number of nitrogens with zero attached hydrogens (tertiary/aromatic N) is 3. The standard InChI is InChI=1S/C20H18Cl2N4O2S.ClH/c1-11-19(12(2)27)29-20(23-11)24-17(28)10-25-9-16(26-7-3-4-18(25)26)13-5-6-14(21)15(22)8-13;/h5-6,8-9H,3-4,7,10H2,1-2H3;1H. The van der Waals surface area contributed by atoms with Gasteiger partial charge in [0.1, 0.15) is 6.20 Å². The van der Waals surface area contributed by atoms with Crippen LogP contribution in [0.5, 0.6) is 0 Å². The lowest BCUT2D eigenvalue weighted by molar-refractivity contribution is -0.690. The highest BCUT2D eigenvalue weighted by Gasteiger charge is 2.30. The number of aryl methyl sites for hydroxylation is 1. The summed E-state index contributed by atoms with van der Waals surface area (Å²) in [6.45, 7) is 4.33. The molecule has 0 bridgehead atoms. The summed E-state index contributed by atoms with van der Waals surface area (Å²) in [5.74, 6) is 0.868. The highest BCUT2D eigenvalue weighted by molar-refractivity contribution is 7.17. The summed E-state index contributed by atoms with van der Waals surface area (Å²) < 4.78 is 4.18. The van der Waals surface area contributed by atoms with Gasteiger partial charge in [-0.1, -0.05) is 34.5 Å². The van der Waals surface area contributed by atoms with Crippen LogP contribution < -0.4 is 22.3 Å². The van der Waals surface area contributed by atoms with E-state index in [0.717, 1.165) is 36.5 Å². The second-order valence-corrected chi connectivity index (χ2v) is 8.79. The fourth-order valence-electron chi connectivity index (χ4n) is 3.62. The number of Topliss-reactive ketones (excluding diaryl/α,β-unsaturated/α-hetero) is 1. The topological polar surface area (TPSA) is 67.9 Å². The van der Waals surface area contributed by atoms with Crippen LogP contribution in [0.25, 0.3) is 11.3 Å². The predicted molar refractivity (Wildman–Crippen MR) is 114 cm³/mol. The van der Waals surface area contributed by atoms with Gasteiger partial charge in [-0.2, -0.15) is 0 Å². The summed E-state index contributed by atoms with van der Waals surface area (Å²) in [4.78, 5) is 29.1. The lowest BCUT2D eigenvalue weighted by Gasteiger charge is -2.01. The molecule has 0 saturated heterocycles. The average molecular weight is 486 g/mol. The molecule has 1 amide bonds. The molecule has 2 aromatic heterocycles. The minimum Gasteiger partial charge on any atom is -1.00 e. The van der Waals surface area contributed by atoms with Crippen LogP contribution in [0.15, 0.2) is 24.4 Å². The van der Waals surface area contributed by atoms with Crippen molar-refractivity contribution in [1.82, 2.24) is 9.55 Å². The summed E-state index contributed by atoms with van der Waals surface area (Å²) in [6.07, 6.45) is 3.90. The molecule has 4 rings (SSSR count). The fraction of sp³-hybridized carbons (Fsp3) is 0.300. The van der Waals surface area contributed by atoms with E-state index in [1.807, 2.05) is 22.9 Å². The molecule has 30 heavy (non-hydrogen) atoms.